The number of amides is 2. The molecule has 2 amide bonds. The van der Waals surface area contributed by atoms with Crippen LogP contribution in [-0.2, 0) is 9.59 Å². The van der Waals surface area contributed by atoms with Gasteiger partial charge in [-0.2, -0.15) is 0 Å². The lowest BCUT2D eigenvalue weighted by Gasteiger charge is -2.40. The highest BCUT2D eigenvalue weighted by molar-refractivity contribution is 5.80. The molecule has 5 nitrogen and oxygen atoms in total. The van der Waals surface area contributed by atoms with Crippen molar-refractivity contribution < 1.29 is 14.7 Å². The van der Waals surface area contributed by atoms with E-state index in [-0.39, 0.29) is 23.8 Å². The number of aliphatic hydroxyl groups is 1. The van der Waals surface area contributed by atoms with E-state index in [9.17, 15) is 9.59 Å². The van der Waals surface area contributed by atoms with Crippen molar-refractivity contribution in [2.45, 2.75) is 25.9 Å². The first kappa shape index (κ1) is 11.4. The molecule has 0 aromatic heterocycles. The molecule has 2 heterocycles. The zero-order valence-corrected chi connectivity index (χ0v) is 9.56. The van der Waals surface area contributed by atoms with E-state index in [4.69, 9.17) is 5.11 Å². The van der Waals surface area contributed by atoms with E-state index < -0.39 is 0 Å². The van der Waals surface area contributed by atoms with Crippen LogP contribution in [-0.4, -0.2) is 59.0 Å². The molecule has 0 radical (unpaired) electrons. The van der Waals surface area contributed by atoms with Gasteiger partial charge < -0.3 is 14.9 Å². The Bertz CT molecular complexity index is 292. The van der Waals surface area contributed by atoms with Crippen LogP contribution in [0.3, 0.4) is 0 Å². The van der Waals surface area contributed by atoms with Crippen molar-refractivity contribution in [3.63, 3.8) is 0 Å². The van der Waals surface area contributed by atoms with Crippen LogP contribution >= 0.6 is 0 Å². The quantitative estimate of drug-likeness (QED) is 0.652. The first-order chi connectivity index (χ1) is 7.58. The SMILES string of the molecule is CC(=O)N1CCC(C(=O)N2CC(O)C2)CC1. The van der Waals surface area contributed by atoms with Crippen LogP contribution in [0.25, 0.3) is 0 Å². The summed E-state index contributed by atoms with van der Waals surface area (Å²) >= 11 is 0. The van der Waals surface area contributed by atoms with E-state index in [1.165, 1.54) is 0 Å². The van der Waals surface area contributed by atoms with Crippen LogP contribution in [0.5, 0.6) is 0 Å². The number of aliphatic hydroxyl groups excluding tert-OH is 1. The van der Waals surface area contributed by atoms with Gasteiger partial charge in [-0.3, -0.25) is 9.59 Å². The highest BCUT2D eigenvalue weighted by atomic mass is 16.3. The molecule has 1 N–H and O–H groups in total. The van der Waals surface area contributed by atoms with E-state index in [0.29, 0.717) is 26.2 Å². The van der Waals surface area contributed by atoms with Gasteiger partial charge in [0.25, 0.3) is 0 Å². The molecular weight excluding hydrogens is 208 g/mol. The maximum Gasteiger partial charge on any atom is 0.225 e. The van der Waals surface area contributed by atoms with Crippen LogP contribution in [0, 0.1) is 5.92 Å². The molecule has 0 aromatic rings. The average molecular weight is 226 g/mol. The minimum absolute atomic E-state index is 0.0445. The van der Waals surface area contributed by atoms with Gasteiger partial charge in [0.2, 0.25) is 11.8 Å². The van der Waals surface area contributed by atoms with Crippen LogP contribution < -0.4 is 0 Å². The molecule has 2 aliphatic rings. The van der Waals surface area contributed by atoms with Crippen molar-refractivity contribution in [3.8, 4) is 0 Å². The van der Waals surface area contributed by atoms with Gasteiger partial charge in [0.05, 0.1) is 6.10 Å². The second kappa shape index (κ2) is 4.41. The van der Waals surface area contributed by atoms with Gasteiger partial charge in [0, 0.05) is 39.0 Å². The standard InChI is InChI=1S/C11H18N2O3/c1-8(14)12-4-2-9(3-5-12)11(16)13-6-10(15)7-13/h9-10,15H,2-7H2,1H3. The number of carbonyl (C=O) groups is 2. The molecule has 2 saturated heterocycles. The molecule has 2 aliphatic heterocycles. The fraction of sp³-hybridized carbons (Fsp3) is 0.818. The summed E-state index contributed by atoms with van der Waals surface area (Å²) < 4.78 is 0. The number of hydrogen-bond acceptors (Lipinski definition) is 3. The van der Waals surface area contributed by atoms with Crippen LogP contribution in [0.15, 0.2) is 0 Å². The molecule has 0 saturated carbocycles. The third kappa shape index (κ3) is 2.19. The van der Waals surface area contributed by atoms with Crippen molar-refractivity contribution in [1.82, 2.24) is 9.80 Å². The minimum Gasteiger partial charge on any atom is -0.389 e. The van der Waals surface area contributed by atoms with Gasteiger partial charge in [-0.1, -0.05) is 0 Å². The van der Waals surface area contributed by atoms with Crippen molar-refractivity contribution in [2.24, 2.45) is 5.92 Å². The molecule has 0 aliphatic carbocycles. The summed E-state index contributed by atoms with van der Waals surface area (Å²) in [6, 6.07) is 0. The largest absolute Gasteiger partial charge is 0.389 e. The number of piperidine rings is 1. The Balaban J connectivity index is 1.80. The van der Waals surface area contributed by atoms with Crippen LogP contribution in [0.4, 0.5) is 0 Å². The summed E-state index contributed by atoms with van der Waals surface area (Å²) in [6.45, 7) is 3.88. The molecule has 16 heavy (non-hydrogen) atoms. The fourth-order valence-corrected chi connectivity index (χ4v) is 2.33. The van der Waals surface area contributed by atoms with Gasteiger partial charge in [-0.25, -0.2) is 0 Å². The van der Waals surface area contributed by atoms with Gasteiger partial charge in [-0.05, 0) is 12.8 Å². The number of carbonyl (C=O) groups excluding carboxylic acids is 2. The smallest absolute Gasteiger partial charge is 0.225 e. The summed E-state index contributed by atoms with van der Waals surface area (Å²) in [4.78, 5) is 26.5. The van der Waals surface area contributed by atoms with Crippen molar-refractivity contribution in [3.05, 3.63) is 0 Å². The summed E-state index contributed by atoms with van der Waals surface area (Å²) in [6.07, 6.45) is 1.18. The lowest BCUT2D eigenvalue weighted by Crippen LogP contribution is -2.56. The molecule has 2 fully saturated rings. The van der Waals surface area contributed by atoms with Crippen LogP contribution in [0.1, 0.15) is 19.8 Å². The average Bonchev–Trinajstić information content (AvgIpc) is 2.24. The number of nitrogens with zero attached hydrogens (tertiary/aromatic N) is 2. The van der Waals surface area contributed by atoms with E-state index in [1.54, 1.807) is 16.7 Å². The Morgan fingerprint density at radius 3 is 2.12 bits per heavy atom. The summed E-state index contributed by atoms with van der Waals surface area (Å²) in [5, 5.41) is 9.13. The van der Waals surface area contributed by atoms with Gasteiger partial charge in [0.1, 0.15) is 0 Å². The maximum atomic E-state index is 11.9. The maximum absolute atomic E-state index is 11.9. The first-order valence-corrected chi connectivity index (χ1v) is 5.80. The third-order valence-corrected chi connectivity index (χ3v) is 3.46. The Labute approximate surface area is 95.0 Å². The zero-order valence-electron chi connectivity index (χ0n) is 9.56. The minimum atomic E-state index is -0.332. The van der Waals surface area contributed by atoms with Crippen molar-refractivity contribution in [2.75, 3.05) is 26.2 Å². The summed E-state index contributed by atoms with van der Waals surface area (Å²) in [5.41, 5.74) is 0. The Hall–Kier alpha value is -1.10. The second-order valence-electron chi connectivity index (χ2n) is 4.68. The van der Waals surface area contributed by atoms with E-state index in [1.807, 2.05) is 0 Å². The molecule has 0 bridgehead atoms. The van der Waals surface area contributed by atoms with E-state index >= 15 is 0 Å². The second-order valence-corrected chi connectivity index (χ2v) is 4.68. The lowest BCUT2D eigenvalue weighted by atomic mass is 9.94. The van der Waals surface area contributed by atoms with Gasteiger partial charge in [-0.15, -0.1) is 0 Å². The van der Waals surface area contributed by atoms with E-state index in [2.05, 4.69) is 0 Å². The predicted molar refractivity (Wildman–Crippen MR) is 57.6 cm³/mol. The predicted octanol–water partition coefficient (Wildman–Crippen LogP) is -0.552. The summed E-state index contributed by atoms with van der Waals surface area (Å²) in [7, 11) is 0. The van der Waals surface area contributed by atoms with Gasteiger partial charge in [0.15, 0.2) is 0 Å². The fourth-order valence-electron chi connectivity index (χ4n) is 2.33. The Kier molecular flexibility index (Phi) is 3.14. The normalized spacial score (nSPS) is 23.1. The molecule has 90 valence electrons. The number of hydrogen-bond donors (Lipinski definition) is 1. The van der Waals surface area contributed by atoms with Gasteiger partial charge >= 0.3 is 0 Å². The first-order valence-electron chi connectivity index (χ1n) is 5.80. The molecule has 5 heteroatoms. The Morgan fingerprint density at radius 1 is 1.12 bits per heavy atom. The molecule has 2 rings (SSSR count). The highest BCUT2D eigenvalue weighted by Crippen LogP contribution is 2.22. The molecule has 0 aromatic carbocycles. The number of β-amino-alcohol motifs (C(OH)–C–C–N with tert-alkyl or cyclic N) is 1. The lowest BCUT2D eigenvalue weighted by molar-refractivity contribution is -0.148. The van der Waals surface area contributed by atoms with Crippen molar-refractivity contribution >= 4 is 11.8 Å². The Morgan fingerprint density at radius 2 is 1.69 bits per heavy atom. The number of likely N-dealkylation sites (tertiary alicyclic amines) is 2. The molecule has 0 atom stereocenters. The molecular formula is C11H18N2O3. The zero-order chi connectivity index (χ0) is 11.7. The monoisotopic (exact) mass is 226 g/mol. The highest BCUT2D eigenvalue weighted by Gasteiger charge is 2.35. The van der Waals surface area contributed by atoms with Crippen molar-refractivity contribution in [1.29, 1.82) is 0 Å². The topological polar surface area (TPSA) is 60.9 Å². The number of rotatable bonds is 1. The third-order valence-electron chi connectivity index (χ3n) is 3.46. The molecule has 0 unspecified atom stereocenters. The van der Waals surface area contributed by atoms with Crippen LogP contribution in [0.2, 0.25) is 0 Å². The summed E-state index contributed by atoms with van der Waals surface area (Å²) in [5.74, 6) is 0.280. The molecule has 0 spiro atoms. The van der Waals surface area contributed by atoms with E-state index in [0.717, 1.165) is 12.8 Å².